The number of aromatic amines is 1. The summed E-state index contributed by atoms with van der Waals surface area (Å²) >= 11 is 0. The minimum absolute atomic E-state index is 0. The number of halogens is 3. The molecule has 0 saturated carbocycles. The number of nitrogens with zero attached hydrogens (tertiary/aromatic N) is 2. The molecule has 8 rings (SSSR count). The van der Waals surface area contributed by atoms with Gasteiger partial charge in [0.1, 0.15) is 34.5 Å². The molecule has 0 atom stereocenters. The number of rotatable bonds is 14. The third kappa shape index (κ3) is 14.9. The summed E-state index contributed by atoms with van der Waals surface area (Å²) in [5, 5.41) is 9.15. The largest absolute Gasteiger partial charge is 0.490 e. The summed E-state index contributed by atoms with van der Waals surface area (Å²) < 4.78 is 95.5. The lowest BCUT2D eigenvalue weighted by Gasteiger charge is -2.06. The molecule has 0 spiro atoms. The van der Waals surface area contributed by atoms with Crippen LogP contribution in [0.15, 0.2) is 151 Å². The number of alkyl halides is 3. The van der Waals surface area contributed by atoms with Crippen molar-refractivity contribution in [2.75, 3.05) is 20.9 Å². The van der Waals surface area contributed by atoms with Gasteiger partial charge in [-0.15, -0.1) is 0 Å². The van der Waals surface area contributed by atoms with Crippen molar-refractivity contribution in [2.45, 2.75) is 40.3 Å². The van der Waals surface area contributed by atoms with Crippen molar-refractivity contribution in [1.82, 2.24) is 9.97 Å². The summed E-state index contributed by atoms with van der Waals surface area (Å²) in [5.41, 5.74) is 6.63. The maximum absolute atomic E-state index is 11.8. The van der Waals surface area contributed by atoms with Crippen LogP contribution >= 0.6 is 0 Å². The Balaban J connectivity index is 0.000000250. The van der Waals surface area contributed by atoms with Crippen LogP contribution in [0.2, 0.25) is 0 Å². The molecule has 0 amide bonds. The van der Waals surface area contributed by atoms with Gasteiger partial charge in [-0.3, -0.25) is 14.8 Å². The summed E-state index contributed by atoms with van der Waals surface area (Å²) in [6.07, 6.45) is -3.76. The molecule has 0 bridgehead atoms. The molecule has 14 nitrogen and oxygen atoms in total. The molecule has 1 aliphatic rings. The summed E-state index contributed by atoms with van der Waals surface area (Å²) in [5.74, 6) is 2.22. The van der Waals surface area contributed by atoms with Gasteiger partial charge in [-0.05, 0) is 104 Å². The molecule has 1 aliphatic heterocycles. The van der Waals surface area contributed by atoms with E-state index in [-0.39, 0.29) is 20.4 Å². The Labute approximate surface area is 382 Å². The van der Waals surface area contributed by atoms with Crippen LogP contribution in [-0.2, 0) is 37.7 Å². The number of quaternary nitrogens is 1. The molecule has 1 aromatic heterocycles. The minimum Gasteiger partial charge on any atom is -0.475 e. The first-order chi connectivity index (χ1) is 31.0. The minimum atomic E-state index is -5.08. The molecule has 6 N–H and O–H groups in total. The number of H-pyrrole nitrogens is 1. The van der Waals surface area contributed by atoms with E-state index >= 15 is 0 Å². The number of aromatic nitrogens is 2. The number of aliphatic imine (C=N–C) groups is 1. The van der Waals surface area contributed by atoms with Crippen molar-refractivity contribution >= 4 is 65.6 Å². The molecule has 0 aliphatic carbocycles. The summed E-state index contributed by atoms with van der Waals surface area (Å²) in [6.45, 7) is 3.21. The van der Waals surface area contributed by atoms with Crippen LogP contribution in [0.3, 0.4) is 0 Å². The number of ether oxygens (including phenoxy) is 2. The fourth-order valence-corrected chi connectivity index (χ4v) is 7.26. The Kier molecular flexibility index (Phi) is 16.7. The van der Waals surface area contributed by atoms with Gasteiger partial charge in [-0.25, -0.2) is 26.6 Å². The predicted molar refractivity (Wildman–Crippen MR) is 252 cm³/mol. The molecule has 0 unspecified atom stereocenters. The molecule has 7 aromatic rings. The zero-order valence-electron chi connectivity index (χ0n) is 34.9. The number of amidine groups is 1. The number of fused-ring (bicyclic) bond motifs is 2. The lowest BCUT2D eigenvalue weighted by molar-refractivity contribution is -0.440. The maximum atomic E-state index is 11.8. The number of para-hydroxylation sites is 2. The topological polar surface area (TPSA) is 206 Å². The van der Waals surface area contributed by atoms with E-state index in [0.717, 1.165) is 68.2 Å². The van der Waals surface area contributed by atoms with E-state index in [4.69, 9.17) is 19.4 Å². The Hall–Kier alpha value is -7.22. The highest BCUT2D eigenvalue weighted by Gasteiger charge is 2.38. The van der Waals surface area contributed by atoms with Gasteiger partial charge in [0, 0.05) is 13.9 Å². The second-order valence-electron chi connectivity index (χ2n) is 14.2. The maximum Gasteiger partial charge on any atom is 0.490 e. The van der Waals surface area contributed by atoms with E-state index in [1.54, 1.807) is 44.2 Å². The standard InChI is InChI=1S/2C22H21N3O3S.C2HF3O2.CH4.H2/c2*1-2-29(26,27)25-17-10-13-20-21(15-17)24-22(23-20)14-16-8-11-19(12-9-16)28-18-6-4-3-5-7-18;3-2(4,5)1(6)7;;/h2*3-13,15,25H,2,14H2,1H3,(H,23,24);(H,6,7);1H4;1H/p+1. The number of sulfonamides is 2. The number of carbonyl (C=O) groups is 1. The Morgan fingerprint density at radius 3 is 1.62 bits per heavy atom. The molecular formula is C47H50F3N6O8S2+. The number of carboxylic acid groups (broad SMARTS) is 1. The lowest BCUT2D eigenvalue weighted by atomic mass is 10.1. The van der Waals surface area contributed by atoms with Gasteiger partial charge in [0.2, 0.25) is 25.9 Å². The van der Waals surface area contributed by atoms with Crippen molar-refractivity contribution in [2.24, 2.45) is 4.99 Å². The van der Waals surface area contributed by atoms with E-state index in [2.05, 4.69) is 24.4 Å². The number of imidazole rings is 1. The van der Waals surface area contributed by atoms with E-state index < -0.39 is 32.2 Å². The van der Waals surface area contributed by atoms with Crippen molar-refractivity contribution in [3.05, 3.63) is 163 Å². The highest BCUT2D eigenvalue weighted by Crippen LogP contribution is 2.30. The third-order valence-corrected chi connectivity index (χ3v) is 11.9. The molecule has 2 heterocycles. The average molecular weight is 948 g/mol. The number of aliphatic carboxylic acids is 1. The number of anilines is 2. The van der Waals surface area contributed by atoms with Crippen LogP contribution in [-0.4, -0.2) is 61.4 Å². The van der Waals surface area contributed by atoms with E-state index in [9.17, 15) is 30.0 Å². The van der Waals surface area contributed by atoms with Gasteiger partial charge in [0.25, 0.3) is 0 Å². The van der Waals surface area contributed by atoms with Crippen LogP contribution in [0.5, 0.6) is 23.0 Å². The Morgan fingerprint density at radius 1 is 0.682 bits per heavy atom. The van der Waals surface area contributed by atoms with E-state index in [1.165, 1.54) is 0 Å². The summed E-state index contributed by atoms with van der Waals surface area (Å²) in [4.78, 5) is 21.4. The number of hydrogen-bond acceptors (Lipinski definition) is 9. The van der Waals surface area contributed by atoms with Gasteiger partial charge in [0.15, 0.2) is 5.69 Å². The van der Waals surface area contributed by atoms with Crippen molar-refractivity contribution < 1.29 is 56.1 Å². The van der Waals surface area contributed by atoms with Crippen LogP contribution in [0, 0.1) is 0 Å². The van der Waals surface area contributed by atoms with Gasteiger partial charge in [-0.1, -0.05) is 68.1 Å². The zero-order chi connectivity index (χ0) is 46.6. The van der Waals surface area contributed by atoms with Crippen molar-refractivity contribution in [3.63, 3.8) is 0 Å². The molecular weight excluding hydrogens is 898 g/mol. The molecule has 348 valence electrons. The predicted octanol–water partition coefficient (Wildman–Crippen LogP) is 9.94. The summed E-state index contributed by atoms with van der Waals surface area (Å²) in [6, 6.07) is 45.8. The summed E-state index contributed by atoms with van der Waals surface area (Å²) in [7, 11) is -6.61. The smallest absolute Gasteiger partial charge is 0.475 e. The normalized spacial score (nSPS) is 11.9. The number of benzene rings is 6. The van der Waals surface area contributed by atoms with Gasteiger partial charge in [-0.2, -0.15) is 18.2 Å². The molecule has 6 aromatic carbocycles. The highest BCUT2D eigenvalue weighted by molar-refractivity contribution is 7.92. The first kappa shape index (κ1) is 49.8. The number of nitrogens with two attached hydrogens (primary N) is 1. The fourth-order valence-electron chi connectivity index (χ4n) is 6.00. The van der Waals surface area contributed by atoms with Crippen molar-refractivity contribution in [3.8, 4) is 23.0 Å². The quantitative estimate of drug-likeness (QED) is 0.0657. The van der Waals surface area contributed by atoms with Gasteiger partial charge >= 0.3 is 12.1 Å². The van der Waals surface area contributed by atoms with Crippen LogP contribution in [0.4, 0.5) is 35.9 Å². The molecule has 66 heavy (non-hydrogen) atoms. The highest BCUT2D eigenvalue weighted by atomic mass is 32.2. The van der Waals surface area contributed by atoms with Gasteiger partial charge in [0.05, 0.1) is 40.3 Å². The van der Waals surface area contributed by atoms with Crippen LogP contribution in [0.1, 0.15) is 39.7 Å². The van der Waals surface area contributed by atoms with Crippen molar-refractivity contribution in [1.29, 1.82) is 0 Å². The zero-order valence-corrected chi connectivity index (χ0v) is 36.5. The second kappa shape index (κ2) is 22.1. The second-order valence-corrected chi connectivity index (χ2v) is 18.2. The molecule has 0 radical (unpaired) electrons. The first-order valence-electron chi connectivity index (χ1n) is 20.0. The number of nitrogens with one attached hydrogen (secondary N) is 3. The molecule has 19 heteroatoms. The van der Waals surface area contributed by atoms with E-state index in [0.29, 0.717) is 24.2 Å². The first-order valence-corrected chi connectivity index (χ1v) is 23.3. The molecule has 0 saturated heterocycles. The number of carboxylic acids is 1. The monoisotopic (exact) mass is 947 g/mol. The van der Waals surface area contributed by atoms with Crippen LogP contribution in [0.25, 0.3) is 11.0 Å². The average Bonchev–Trinajstić information content (AvgIpc) is 3.88. The van der Waals surface area contributed by atoms with Crippen LogP contribution < -0.4 is 24.2 Å². The molecule has 0 fully saturated rings. The Bertz CT molecular complexity index is 2980. The SMILES string of the molecule is C.CCS(=O)(=O)Nc1ccc2c(c1)N=C(Cc1ccc(Oc3ccccc3)cc1)[NH2+]2.CCS(=O)(=O)Nc1ccc2nc(Cc3ccc(Oc4ccccc4)cc3)[nH]c2c1.O=C(O)C(F)(F)F.[HH]. The van der Waals surface area contributed by atoms with E-state index in [1.807, 2.05) is 121 Å². The fraction of sp³-hybridized carbons (Fsp3) is 0.170. The third-order valence-electron chi connectivity index (χ3n) is 9.26. The lowest BCUT2D eigenvalue weighted by Crippen LogP contribution is -2.81. The van der Waals surface area contributed by atoms with Gasteiger partial charge < -0.3 is 19.6 Å². The Morgan fingerprint density at radius 2 is 1.14 bits per heavy atom. The number of hydrogen-bond donors (Lipinski definition) is 5.